The minimum absolute atomic E-state index is 0.296. The van der Waals surface area contributed by atoms with Crippen molar-refractivity contribution in [3.8, 4) is 0 Å². The van der Waals surface area contributed by atoms with E-state index in [9.17, 15) is 0 Å². The van der Waals surface area contributed by atoms with Gasteiger partial charge in [0.15, 0.2) is 0 Å². The van der Waals surface area contributed by atoms with Crippen LogP contribution in [0.25, 0.3) is 0 Å². The highest BCUT2D eigenvalue weighted by atomic mass is 79.9. The fourth-order valence-corrected chi connectivity index (χ4v) is 2.93. The van der Waals surface area contributed by atoms with Gasteiger partial charge in [-0.15, -0.1) is 0 Å². The molecule has 0 spiro atoms. The van der Waals surface area contributed by atoms with E-state index < -0.39 is 0 Å². The van der Waals surface area contributed by atoms with Crippen molar-refractivity contribution in [2.75, 3.05) is 5.32 Å². The van der Waals surface area contributed by atoms with Crippen LogP contribution >= 0.6 is 27.5 Å². The van der Waals surface area contributed by atoms with Gasteiger partial charge in [-0.25, -0.2) is 0 Å². The van der Waals surface area contributed by atoms with Crippen molar-refractivity contribution in [2.24, 2.45) is 0 Å². The van der Waals surface area contributed by atoms with E-state index in [1.165, 1.54) is 24.8 Å². The summed E-state index contributed by atoms with van der Waals surface area (Å²) < 4.78 is 1.04. The van der Waals surface area contributed by atoms with Gasteiger partial charge in [-0.1, -0.05) is 84.0 Å². The Balaban J connectivity index is 2.17. The lowest BCUT2D eigenvalue weighted by Gasteiger charge is -2.21. The van der Waals surface area contributed by atoms with Gasteiger partial charge in [-0.05, 0) is 30.2 Å². The summed E-state index contributed by atoms with van der Waals surface area (Å²) in [6, 6.07) is 16.8. The van der Waals surface area contributed by atoms with Crippen LogP contribution in [0, 0.1) is 0 Å². The van der Waals surface area contributed by atoms with E-state index in [4.69, 9.17) is 11.6 Å². The van der Waals surface area contributed by atoms with Crippen molar-refractivity contribution in [3.05, 3.63) is 63.6 Å². The number of nitrogens with one attached hydrogen (secondary N) is 1. The van der Waals surface area contributed by atoms with Crippen molar-refractivity contribution in [1.82, 2.24) is 0 Å². The fourth-order valence-electron chi connectivity index (χ4n) is 2.40. The molecule has 1 nitrogen and oxygen atoms in total. The predicted molar refractivity (Wildman–Crippen MR) is 96.1 cm³/mol. The SMILES string of the molecule is CCCCCC(Nc1cc(Br)ccc1Cl)c1ccccc1. The third kappa shape index (κ3) is 5.05. The van der Waals surface area contributed by atoms with Gasteiger partial charge in [-0.2, -0.15) is 0 Å². The average Bonchev–Trinajstić information content (AvgIpc) is 2.51. The maximum atomic E-state index is 6.31. The fraction of sp³-hybridized carbons (Fsp3) is 0.333. The normalized spacial score (nSPS) is 12.1. The maximum Gasteiger partial charge on any atom is 0.0638 e. The zero-order valence-electron chi connectivity index (χ0n) is 12.3. The highest BCUT2D eigenvalue weighted by Gasteiger charge is 2.12. The summed E-state index contributed by atoms with van der Waals surface area (Å²) in [6.45, 7) is 2.23. The Bertz CT molecular complexity index is 556. The predicted octanol–water partition coefficient (Wildman–Crippen LogP) is 6.84. The van der Waals surface area contributed by atoms with Crippen LogP contribution in [0.4, 0.5) is 5.69 Å². The smallest absolute Gasteiger partial charge is 0.0638 e. The van der Waals surface area contributed by atoms with Crippen LogP contribution in [-0.4, -0.2) is 0 Å². The number of unbranched alkanes of at least 4 members (excludes halogenated alkanes) is 2. The number of anilines is 1. The molecule has 2 rings (SSSR count). The second-order valence-corrected chi connectivity index (χ2v) is 6.55. The third-order valence-corrected chi connectivity index (χ3v) is 4.38. The molecule has 0 saturated carbocycles. The molecule has 1 N–H and O–H groups in total. The molecule has 0 aliphatic rings. The van der Waals surface area contributed by atoms with Crippen LogP contribution < -0.4 is 5.32 Å². The van der Waals surface area contributed by atoms with Gasteiger partial charge in [0.25, 0.3) is 0 Å². The lowest BCUT2D eigenvalue weighted by Crippen LogP contribution is -2.11. The quantitative estimate of drug-likeness (QED) is 0.529. The van der Waals surface area contributed by atoms with Crippen LogP contribution in [-0.2, 0) is 0 Å². The van der Waals surface area contributed by atoms with Gasteiger partial charge in [0.1, 0.15) is 0 Å². The Morgan fingerprint density at radius 3 is 2.57 bits per heavy atom. The summed E-state index contributed by atoms with van der Waals surface area (Å²) in [5.74, 6) is 0. The molecule has 0 aromatic heterocycles. The highest BCUT2D eigenvalue weighted by Crippen LogP contribution is 2.31. The first kappa shape index (κ1) is 16.4. The number of rotatable bonds is 7. The lowest BCUT2D eigenvalue weighted by atomic mass is 10.00. The molecule has 2 aromatic carbocycles. The largest absolute Gasteiger partial charge is 0.377 e. The van der Waals surface area contributed by atoms with Crippen molar-refractivity contribution >= 4 is 33.2 Å². The van der Waals surface area contributed by atoms with E-state index in [0.717, 1.165) is 21.6 Å². The molecule has 0 amide bonds. The van der Waals surface area contributed by atoms with Crippen LogP contribution in [0.15, 0.2) is 53.0 Å². The van der Waals surface area contributed by atoms with Gasteiger partial charge < -0.3 is 5.32 Å². The van der Waals surface area contributed by atoms with E-state index >= 15 is 0 Å². The minimum Gasteiger partial charge on any atom is -0.377 e. The summed E-state index contributed by atoms with van der Waals surface area (Å²) >= 11 is 9.81. The lowest BCUT2D eigenvalue weighted by molar-refractivity contribution is 0.606. The number of hydrogen-bond acceptors (Lipinski definition) is 1. The van der Waals surface area contributed by atoms with Crippen molar-refractivity contribution in [3.63, 3.8) is 0 Å². The Kier molecular flexibility index (Phi) is 6.59. The van der Waals surface area contributed by atoms with E-state index in [2.05, 4.69) is 58.5 Å². The molecule has 0 radical (unpaired) electrons. The van der Waals surface area contributed by atoms with Gasteiger partial charge in [0, 0.05) is 4.47 Å². The van der Waals surface area contributed by atoms with Gasteiger partial charge in [-0.3, -0.25) is 0 Å². The van der Waals surface area contributed by atoms with Crippen molar-refractivity contribution < 1.29 is 0 Å². The summed E-state index contributed by atoms with van der Waals surface area (Å²) in [5.41, 5.74) is 2.29. The summed E-state index contributed by atoms with van der Waals surface area (Å²) in [6.07, 6.45) is 4.83. The molecule has 21 heavy (non-hydrogen) atoms. The molecule has 0 fully saturated rings. The molecule has 0 aliphatic carbocycles. The van der Waals surface area contributed by atoms with Gasteiger partial charge in [0.05, 0.1) is 16.8 Å². The first-order valence-corrected chi connectivity index (χ1v) is 8.64. The van der Waals surface area contributed by atoms with Crippen LogP contribution in [0.1, 0.15) is 44.2 Å². The van der Waals surface area contributed by atoms with E-state index in [1.807, 2.05) is 18.2 Å². The molecule has 3 heteroatoms. The summed E-state index contributed by atoms with van der Waals surface area (Å²) in [4.78, 5) is 0. The molecule has 112 valence electrons. The van der Waals surface area contributed by atoms with Crippen molar-refractivity contribution in [1.29, 1.82) is 0 Å². The second-order valence-electron chi connectivity index (χ2n) is 5.23. The third-order valence-electron chi connectivity index (χ3n) is 3.56. The standard InChI is InChI=1S/C18H21BrClN/c1-2-3-5-10-17(14-8-6-4-7-9-14)21-18-13-15(19)11-12-16(18)20/h4,6-9,11-13,17,21H,2-3,5,10H2,1H3. The zero-order valence-corrected chi connectivity index (χ0v) is 14.6. The Morgan fingerprint density at radius 2 is 1.86 bits per heavy atom. The monoisotopic (exact) mass is 365 g/mol. The average molecular weight is 367 g/mol. The Morgan fingerprint density at radius 1 is 1.10 bits per heavy atom. The van der Waals surface area contributed by atoms with Gasteiger partial charge >= 0.3 is 0 Å². The number of halogens is 2. The van der Waals surface area contributed by atoms with Crippen molar-refractivity contribution in [2.45, 2.75) is 38.6 Å². The van der Waals surface area contributed by atoms with E-state index in [0.29, 0.717) is 6.04 Å². The maximum absolute atomic E-state index is 6.31. The first-order valence-electron chi connectivity index (χ1n) is 7.47. The number of benzene rings is 2. The van der Waals surface area contributed by atoms with E-state index in [-0.39, 0.29) is 0 Å². The zero-order chi connectivity index (χ0) is 15.1. The number of hydrogen-bond donors (Lipinski definition) is 1. The molecular formula is C18H21BrClN. The molecule has 0 bridgehead atoms. The van der Waals surface area contributed by atoms with E-state index in [1.54, 1.807) is 0 Å². The molecule has 2 aromatic rings. The highest BCUT2D eigenvalue weighted by molar-refractivity contribution is 9.10. The van der Waals surface area contributed by atoms with Crippen LogP contribution in [0.3, 0.4) is 0 Å². The molecule has 0 saturated heterocycles. The molecular weight excluding hydrogens is 346 g/mol. The summed E-state index contributed by atoms with van der Waals surface area (Å²) in [7, 11) is 0. The topological polar surface area (TPSA) is 12.0 Å². The summed E-state index contributed by atoms with van der Waals surface area (Å²) in [5, 5.41) is 4.36. The Hall–Kier alpha value is -0.990. The second kappa shape index (κ2) is 8.45. The molecule has 1 atom stereocenters. The van der Waals surface area contributed by atoms with Crippen LogP contribution in [0.5, 0.6) is 0 Å². The molecule has 1 unspecified atom stereocenters. The minimum atomic E-state index is 0.296. The van der Waals surface area contributed by atoms with Crippen LogP contribution in [0.2, 0.25) is 5.02 Å². The molecule has 0 heterocycles. The molecule has 0 aliphatic heterocycles. The first-order chi connectivity index (χ1) is 10.2. The Labute approximate surface area is 140 Å². The van der Waals surface area contributed by atoms with Gasteiger partial charge in [0.2, 0.25) is 0 Å².